The van der Waals surface area contributed by atoms with Crippen LogP contribution in [0.15, 0.2) is 36.4 Å². The molecule has 0 aliphatic heterocycles. The second kappa shape index (κ2) is 8.53. The van der Waals surface area contributed by atoms with Gasteiger partial charge in [-0.15, -0.1) is 0 Å². The van der Waals surface area contributed by atoms with Crippen LogP contribution in [0.4, 0.5) is 5.69 Å². The number of rotatable bonds is 7. The minimum atomic E-state index is -0.308. The number of hydrogen-bond donors (Lipinski definition) is 1. The molecule has 0 aromatic heterocycles. The fourth-order valence-electron chi connectivity index (χ4n) is 1.96. The van der Waals surface area contributed by atoms with E-state index >= 15 is 0 Å². The van der Waals surface area contributed by atoms with Crippen molar-refractivity contribution in [1.82, 2.24) is 0 Å². The van der Waals surface area contributed by atoms with E-state index in [1.54, 1.807) is 43.5 Å². The van der Waals surface area contributed by atoms with Crippen molar-refractivity contribution in [2.75, 3.05) is 26.1 Å². The quantitative estimate of drug-likeness (QED) is 0.528. The van der Waals surface area contributed by atoms with E-state index < -0.39 is 0 Å². The number of ether oxygens (including phenoxy) is 3. The summed E-state index contributed by atoms with van der Waals surface area (Å²) in [5, 5.41) is 2.72. The molecule has 7 heteroatoms. The number of anilines is 1. The summed E-state index contributed by atoms with van der Waals surface area (Å²) >= 11 is 2.03. The first-order valence-electron chi connectivity index (χ1n) is 6.96. The van der Waals surface area contributed by atoms with Crippen molar-refractivity contribution in [3.05, 3.63) is 45.5 Å². The Morgan fingerprint density at radius 3 is 2.46 bits per heavy atom. The molecule has 0 spiro atoms. The summed E-state index contributed by atoms with van der Waals surface area (Å²) in [5.41, 5.74) is 1.12. The molecule has 1 amide bonds. The van der Waals surface area contributed by atoms with Gasteiger partial charge in [-0.25, -0.2) is 0 Å². The lowest BCUT2D eigenvalue weighted by Crippen LogP contribution is -2.20. The van der Waals surface area contributed by atoms with Gasteiger partial charge in [0.1, 0.15) is 12.0 Å². The maximum absolute atomic E-state index is 12.0. The summed E-state index contributed by atoms with van der Waals surface area (Å²) in [6, 6.07) is 10.2. The number of hydrogen-bond acceptors (Lipinski definition) is 5. The van der Waals surface area contributed by atoms with E-state index in [1.807, 2.05) is 22.6 Å². The molecule has 2 rings (SSSR count). The third-order valence-electron chi connectivity index (χ3n) is 3.11. The lowest BCUT2D eigenvalue weighted by molar-refractivity contribution is -0.118. The first-order valence-corrected chi connectivity index (χ1v) is 8.04. The SMILES string of the molecule is COc1ccc(NC(=O)COc2c(I)cc(C=O)cc2OC)cc1. The largest absolute Gasteiger partial charge is 0.497 e. The van der Waals surface area contributed by atoms with Gasteiger partial charge in [0.2, 0.25) is 0 Å². The number of benzene rings is 2. The third-order valence-corrected chi connectivity index (χ3v) is 3.91. The summed E-state index contributed by atoms with van der Waals surface area (Å²) in [7, 11) is 3.05. The van der Waals surface area contributed by atoms with E-state index in [-0.39, 0.29) is 12.5 Å². The van der Waals surface area contributed by atoms with E-state index in [0.29, 0.717) is 32.1 Å². The fraction of sp³-hybridized carbons (Fsp3) is 0.176. The molecule has 126 valence electrons. The van der Waals surface area contributed by atoms with Gasteiger partial charge >= 0.3 is 0 Å². The van der Waals surface area contributed by atoms with Crippen LogP contribution in [0.3, 0.4) is 0 Å². The van der Waals surface area contributed by atoms with Crippen molar-refractivity contribution in [2.45, 2.75) is 0 Å². The molecule has 0 saturated carbocycles. The van der Waals surface area contributed by atoms with Gasteiger partial charge in [-0.2, -0.15) is 0 Å². The maximum Gasteiger partial charge on any atom is 0.262 e. The van der Waals surface area contributed by atoms with Gasteiger partial charge in [0, 0.05) is 11.3 Å². The molecule has 0 aliphatic carbocycles. The predicted octanol–water partition coefficient (Wildman–Crippen LogP) is 3.14. The minimum Gasteiger partial charge on any atom is -0.497 e. The topological polar surface area (TPSA) is 73.9 Å². The Labute approximate surface area is 153 Å². The van der Waals surface area contributed by atoms with Crippen LogP contribution in [-0.4, -0.2) is 33.0 Å². The fourth-order valence-corrected chi connectivity index (χ4v) is 2.74. The highest BCUT2D eigenvalue weighted by molar-refractivity contribution is 14.1. The van der Waals surface area contributed by atoms with Gasteiger partial charge < -0.3 is 19.5 Å². The van der Waals surface area contributed by atoms with E-state index in [9.17, 15) is 9.59 Å². The zero-order chi connectivity index (χ0) is 17.5. The molecule has 24 heavy (non-hydrogen) atoms. The summed E-state index contributed by atoms with van der Waals surface area (Å²) in [5.74, 6) is 1.23. The zero-order valence-electron chi connectivity index (χ0n) is 13.2. The van der Waals surface area contributed by atoms with Crippen molar-refractivity contribution in [2.24, 2.45) is 0 Å². The lowest BCUT2D eigenvalue weighted by atomic mass is 10.2. The third kappa shape index (κ3) is 4.60. The number of aldehydes is 1. The molecule has 0 saturated heterocycles. The van der Waals surface area contributed by atoms with Gasteiger partial charge in [0.15, 0.2) is 18.1 Å². The molecule has 0 heterocycles. The van der Waals surface area contributed by atoms with Crippen molar-refractivity contribution < 1.29 is 23.8 Å². The molecule has 1 N–H and O–H groups in total. The van der Waals surface area contributed by atoms with Gasteiger partial charge in [0.05, 0.1) is 17.8 Å². The molecule has 0 bridgehead atoms. The Morgan fingerprint density at radius 1 is 1.17 bits per heavy atom. The predicted molar refractivity (Wildman–Crippen MR) is 98.2 cm³/mol. The summed E-state index contributed by atoms with van der Waals surface area (Å²) in [6.07, 6.45) is 0.727. The molecule has 6 nitrogen and oxygen atoms in total. The Morgan fingerprint density at radius 2 is 1.88 bits per heavy atom. The average molecular weight is 441 g/mol. The molecule has 0 atom stereocenters. The standard InChI is InChI=1S/C17H16INO5/c1-22-13-5-3-12(4-6-13)19-16(21)10-24-17-14(18)7-11(9-20)8-15(17)23-2/h3-9H,10H2,1-2H3,(H,19,21). The van der Waals surface area contributed by atoms with Crippen molar-refractivity contribution >= 4 is 40.5 Å². The highest BCUT2D eigenvalue weighted by atomic mass is 127. The molecule has 0 fully saturated rings. The van der Waals surface area contributed by atoms with Crippen LogP contribution in [0.25, 0.3) is 0 Å². The van der Waals surface area contributed by atoms with Gasteiger partial charge in [0.25, 0.3) is 5.91 Å². The van der Waals surface area contributed by atoms with Crippen LogP contribution in [-0.2, 0) is 4.79 Å². The van der Waals surface area contributed by atoms with Crippen LogP contribution in [0.1, 0.15) is 10.4 Å². The Kier molecular flexibility index (Phi) is 6.42. The second-order valence-corrected chi connectivity index (χ2v) is 5.88. The summed E-state index contributed by atoms with van der Waals surface area (Å²) in [6.45, 7) is -0.182. The van der Waals surface area contributed by atoms with Crippen molar-refractivity contribution in [1.29, 1.82) is 0 Å². The van der Waals surface area contributed by atoms with E-state index in [2.05, 4.69) is 5.32 Å². The first kappa shape index (κ1) is 18.1. The van der Waals surface area contributed by atoms with Crippen LogP contribution < -0.4 is 19.5 Å². The molecular formula is C17H16INO5. The normalized spacial score (nSPS) is 9.96. The molecule has 2 aromatic carbocycles. The maximum atomic E-state index is 12.0. The van der Waals surface area contributed by atoms with Crippen LogP contribution in [0.2, 0.25) is 0 Å². The number of carbonyl (C=O) groups is 2. The highest BCUT2D eigenvalue weighted by Gasteiger charge is 2.13. The van der Waals surface area contributed by atoms with Crippen LogP contribution >= 0.6 is 22.6 Å². The monoisotopic (exact) mass is 441 g/mol. The Bertz CT molecular complexity index is 731. The Hall–Kier alpha value is -2.29. The minimum absolute atomic E-state index is 0.182. The summed E-state index contributed by atoms with van der Waals surface area (Å²) < 4.78 is 16.5. The number of amides is 1. The van der Waals surface area contributed by atoms with Crippen molar-refractivity contribution in [3.8, 4) is 17.2 Å². The molecule has 2 aromatic rings. The summed E-state index contributed by atoms with van der Waals surface area (Å²) in [4.78, 5) is 22.9. The number of halogens is 1. The van der Waals surface area contributed by atoms with Crippen LogP contribution in [0, 0.1) is 3.57 Å². The highest BCUT2D eigenvalue weighted by Crippen LogP contribution is 2.33. The second-order valence-electron chi connectivity index (χ2n) is 4.72. The molecule has 0 aliphatic rings. The lowest BCUT2D eigenvalue weighted by Gasteiger charge is -2.13. The molecule has 0 radical (unpaired) electrons. The van der Waals surface area contributed by atoms with Crippen LogP contribution in [0.5, 0.6) is 17.2 Å². The number of nitrogens with one attached hydrogen (secondary N) is 1. The van der Waals surface area contributed by atoms with E-state index in [1.165, 1.54) is 7.11 Å². The molecular weight excluding hydrogens is 425 g/mol. The van der Waals surface area contributed by atoms with E-state index in [0.717, 1.165) is 6.29 Å². The Balaban J connectivity index is 2.01. The molecule has 0 unspecified atom stereocenters. The van der Waals surface area contributed by atoms with Crippen molar-refractivity contribution in [3.63, 3.8) is 0 Å². The number of methoxy groups -OCH3 is 2. The smallest absolute Gasteiger partial charge is 0.262 e. The average Bonchev–Trinajstić information content (AvgIpc) is 2.60. The van der Waals surface area contributed by atoms with E-state index in [4.69, 9.17) is 14.2 Å². The van der Waals surface area contributed by atoms with Gasteiger partial charge in [-0.05, 0) is 59.0 Å². The van der Waals surface area contributed by atoms with Gasteiger partial charge in [-0.1, -0.05) is 0 Å². The number of carbonyl (C=O) groups excluding carboxylic acids is 2. The first-order chi connectivity index (χ1) is 11.6. The zero-order valence-corrected chi connectivity index (χ0v) is 15.3. The van der Waals surface area contributed by atoms with Gasteiger partial charge in [-0.3, -0.25) is 9.59 Å².